The van der Waals surface area contributed by atoms with E-state index in [9.17, 15) is 23.2 Å². The molecule has 2 heterocycles. The van der Waals surface area contributed by atoms with Crippen molar-refractivity contribution < 1.29 is 18.4 Å². The molecule has 1 saturated heterocycles. The second kappa shape index (κ2) is 9.89. The number of carbonyl (C=O) groups excluding carboxylic acids is 2. The zero-order valence-electron chi connectivity index (χ0n) is 18.9. The van der Waals surface area contributed by atoms with E-state index in [1.807, 2.05) is 6.07 Å². The molecule has 0 atom stereocenters. The Balaban J connectivity index is 1.47. The molecule has 9 nitrogen and oxygen atoms in total. The molecule has 180 valence electrons. The molecule has 0 saturated carbocycles. The monoisotopic (exact) mass is 480 g/mol. The van der Waals surface area contributed by atoms with Gasteiger partial charge in [0, 0.05) is 50.9 Å². The third-order valence-corrected chi connectivity index (χ3v) is 5.94. The van der Waals surface area contributed by atoms with Gasteiger partial charge in [-0.1, -0.05) is 0 Å². The maximum absolute atomic E-state index is 14.0. The lowest BCUT2D eigenvalue weighted by Gasteiger charge is -2.35. The summed E-state index contributed by atoms with van der Waals surface area (Å²) in [6.45, 7) is 3.15. The number of anilines is 1. The zero-order chi connectivity index (χ0) is 25.1. The highest BCUT2D eigenvalue weighted by atomic mass is 19.1. The van der Waals surface area contributed by atoms with Crippen LogP contribution in [0.15, 0.2) is 41.5 Å². The van der Waals surface area contributed by atoms with Crippen molar-refractivity contribution in [2.45, 2.75) is 20.0 Å². The number of fused-ring (bicyclic) bond motifs is 1. The summed E-state index contributed by atoms with van der Waals surface area (Å²) in [5.74, 6) is -2.49. The van der Waals surface area contributed by atoms with Crippen LogP contribution in [0.5, 0.6) is 0 Å². The number of aromatic nitrogens is 2. The van der Waals surface area contributed by atoms with Crippen LogP contribution in [0.4, 0.5) is 14.5 Å². The molecule has 4 rings (SSSR count). The number of halogens is 2. The van der Waals surface area contributed by atoms with Gasteiger partial charge in [-0.3, -0.25) is 19.0 Å². The van der Waals surface area contributed by atoms with E-state index in [1.165, 1.54) is 13.3 Å². The number of nitrogens with zero attached hydrogens (tertiary/aromatic N) is 5. The summed E-state index contributed by atoms with van der Waals surface area (Å²) in [6, 6.07) is 8.73. The maximum Gasteiger partial charge on any atom is 0.261 e. The van der Waals surface area contributed by atoms with Crippen molar-refractivity contribution in [3.63, 3.8) is 0 Å². The summed E-state index contributed by atoms with van der Waals surface area (Å²) >= 11 is 0. The van der Waals surface area contributed by atoms with Crippen molar-refractivity contribution in [1.29, 1.82) is 5.26 Å². The molecule has 0 radical (unpaired) electrons. The number of rotatable bonds is 5. The van der Waals surface area contributed by atoms with Crippen molar-refractivity contribution >= 4 is 28.4 Å². The number of piperazine rings is 1. The first-order chi connectivity index (χ1) is 16.8. The molecule has 1 aliphatic heterocycles. The van der Waals surface area contributed by atoms with Gasteiger partial charge in [0.15, 0.2) is 0 Å². The minimum Gasteiger partial charge on any atom is -0.368 e. The fourth-order valence-corrected chi connectivity index (χ4v) is 3.97. The standard InChI is InChI=1S/C24H22F2N6O3/c1-15(33)30-4-6-31(7-5-30)17-2-3-22-18(10-17)24(35)32(14-29-22)13-23(34)28-12-19-20(25)8-16(11-27)9-21(19)26/h2-3,8-10,14H,4-7,12-13H2,1H3,(H,28,34). The summed E-state index contributed by atoms with van der Waals surface area (Å²) < 4.78 is 29.2. The summed E-state index contributed by atoms with van der Waals surface area (Å²) in [4.78, 5) is 45.0. The Morgan fingerprint density at radius 1 is 1.11 bits per heavy atom. The topological polar surface area (TPSA) is 111 Å². The Hall–Kier alpha value is -4.33. The molecule has 0 bridgehead atoms. The van der Waals surface area contributed by atoms with Gasteiger partial charge in [-0.05, 0) is 30.3 Å². The lowest BCUT2D eigenvalue weighted by molar-refractivity contribution is -0.129. The first-order valence-electron chi connectivity index (χ1n) is 10.9. The number of carbonyl (C=O) groups is 2. The van der Waals surface area contributed by atoms with E-state index in [0.29, 0.717) is 37.1 Å². The van der Waals surface area contributed by atoms with Crippen molar-refractivity contribution in [2.24, 2.45) is 0 Å². The third kappa shape index (κ3) is 5.11. The van der Waals surface area contributed by atoms with Crippen LogP contribution in [-0.2, 0) is 22.7 Å². The van der Waals surface area contributed by atoms with Crippen molar-refractivity contribution in [3.8, 4) is 6.07 Å². The summed E-state index contributed by atoms with van der Waals surface area (Å²) in [5, 5.41) is 11.5. The molecule has 11 heteroatoms. The molecule has 0 unspecified atom stereocenters. The molecule has 2 amide bonds. The largest absolute Gasteiger partial charge is 0.368 e. The summed E-state index contributed by atoms with van der Waals surface area (Å²) in [6.07, 6.45) is 1.25. The van der Waals surface area contributed by atoms with Crippen LogP contribution in [0.1, 0.15) is 18.1 Å². The lowest BCUT2D eigenvalue weighted by Crippen LogP contribution is -2.48. The second-order valence-corrected chi connectivity index (χ2v) is 8.18. The first kappa shape index (κ1) is 23.8. The average Bonchev–Trinajstić information content (AvgIpc) is 2.85. The van der Waals surface area contributed by atoms with Crippen molar-refractivity contribution in [2.75, 3.05) is 31.1 Å². The molecular weight excluding hydrogens is 458 g/mol. The predicted octanol–water partition coefficient (Wildman–Crippen LogP) is 1.53. The van der Waals surface area contributed by atoms with Crippen LogP contribution >= 0.6 is 0 Å². The van der Waals surface area contributed by atoms with Crippen LogP contribution in [0, 0.1) is 23.0 Å². The molecule has 0 aliphatic carbocycles. The number of nitrogens with one attached hydrogen (secondary N) is 1. The average molecular weight is 480 g/mol. The second-order valence-electron chi connectivity index (χ2n) is 8.18. The predicted molar refractivity (Wildman–Crippen MR) is 123 cm³/mol. The Kier molecular flexibility index (Phi) is 6.73. The van der Waals surface area contributed by atoms with E-state index in [1.54, 1.807) is 23.1 Å². The number of nitriles is 1. The number of hydrogen-bond donors (Lipinski definition) is 1. The SMILES string of the molecule is CC(=O)N1CCN(c2ccc3ncn(CC(=O)NCc4c(F)cc(C#N)cc4F)c(=O)c3c2)CC1. The van der Waals surface area contributed by atoms with Gasteiger partial charge in [-0.25, -0.2) is 13.8 Å². The fraction of sp³-hybridized carbons (Fsp3) is 0.292. The Bertz CT molecular complexity index is 1380. The van der Waals surface area contributed by atoms with Gasteiger partial charge >= 0.3 is 0 Å². The van der Waals surface area contributed by atoms with E-state index in [4.69, 9.17) is 5.26 Å². The van der Waals surface area contributed by atoms with Gasteiger partial charge in [0.05, 0.1) is 28.9 Å². The minimum absolute atomic E-state index is 0.0261. The van der Waals surface area contributed by atoms with E-state index in [0.717, 1.165) is 22.4 Å². The van der Waals surface area contributed by atoms with E-state index in [-0.39, 0.29) is 23.6 Å². The van der Waals surface area contributed by atoms with E-state index < -0.39 is 29.6 Å². The number of hydrogen-bond acceptors (Lipinski definition) is 6. The molecular formula is C24H22F2N6O3. The summed E-state index contributed by atoms with van der Waals surface area (Å²) in [5.41, 5.74) is 0.318. The van der Waals surface area contributed by atoms with Crippen molar-refractivity contribution in [1.82, 2.24) is 19.8 Å². The van der Waals surface area contributed by atoms with Gasteiger partial charge < -0.3 is 15.1 Å². The highest BCUT2D eigenvalue weighted by Crippen LogP contribution is 2.20. The molecule has 35 heavy (non-hydrogen) atoms. The molecule has 1 aromatic heterocycles. The van der Waals surface area contributed by atoms with Gasteiger partial charge in [0.25, 0.3) is 5.56 Å². The molecule has 1 N–H and O–H groups in total. The Morgan fingerprint density at radius 3 is 2.43 bits per heavy atom. The fourth-order valence-electron chi connectivity index (χ4n) is 3.97. The van der Waals surface area contributed by atoms with Crippen LogP contribution in [0.25, 0.3) is 10.9 Å². The Morgan fingerprint density at radius 2 is 1.80 bits per heavy atom. The van der Waals surface area contributed by atoms with Crippen LogP contribution < -0.4 is 15.8 Å². The normalized spacial score (nSPS) is 13.5. The zero-order valence-corrected chi connectivity index (χ0v) is 18.9. The molecule has 1 aliphatic rings. The highest BCUT2D eigenvalue weighted by Gasteiger charge is 2.20. The van der Waals surface area contributed by atoms with Gasteiger partial charge in [0.2, 0.25) is 11.8 Å². The van der Waals surface area contributed by atoms with Gasteiger partial charge in [-0.2, -0.15) is 5.26 Å². The number of amides is 2. The minimum atomic E-state index is -0.942. The number of benzene rings is 2. The van der Waals surface area contributed by atoms with Gasteiger partial charge in [-0.15, -0.1) is 0 Å². The first-order valence-corrected chi connectivity index (χ1v) is 10.9. The lowest BCUT2D eigenvalue weighted by atomic mass is 10.1. The maximum atomic E-state index is 14.0. The third-order valence-electron chi connectivity index (χ3n) is 5.94. The quantitative estimate of drug-likeness (QED) is 0.593. The van der Waals surface area contributed by atoms with Gasteiger partial charge in [0.1, 0.15) is 18.2 Å². The van der Waals surface area contributed by atoms with Crippen LogP contribution in [0.2, 0.25) is 0 Å². The summed E-state index contributed by atoms with van der Waals surface area (Å²) in [7, 11) is 0. The molecule has 0 spiro atoms. The van der Waals surface area contributed by atoms with Crippen LogP contribution in [0.3, 0.4) is 0 Å². The highest BCUT2D eigenvalue weighted by molar-refractivity contribution is 5.82. The Labute approximate surface area is 199 Å². The smallest absolute Gasteiger partial charge is 0.261 e. The van der Waals surface area contributed by atoms with E-state index >= 15 is 0 Å². The molecule has 2 aromatic carbocycles. The van der Waals surface area contributed by atoms with E-state index in [2.05, 4.69) is 15.2 Å². The van der Waals surface area contributed by atoms with Crippen molar-refractivity contribution in [3.05, 3.63) is 69.8 Å². The van der Waals surface area contributed by atoms with Crippen LogP contribution in [-0.4, -0.2) is 52.4 Å². The molecule has 1 fully saturated rings. The molecule has 3 aromatic rings.